The van der Waals surface area contributed by atoms with Gasteiger partial charge in [-0.1, -0.05) is 43.7 Å². The third-order valence-electron chi connectivity index (χ3n) is 4.46. The van der Waals surface area contributed by atoms with E-state index in [1.54, 1.807) is 24.5 Å². The Morgan fingerprint density at radius 2 is 1.89 bits per heavy atom. The number of nitrogens with one attached hydrogen (secondary N) is 2. The molecule has 2 aromatic heterocycles. The molecule has 0 fully saturated rings. The molecule has 3 aromatic rings. The van der Waals surface area contributed by atoms with Gasteiger partial charge in [-0.2, -0.15) is 0 Å². The Morgan fingerprint density at radius 1 is 1.14 bits per heavy atom. The summed E-state index contributed by atoms with van der Waals surface area (Å²) in [6.07, 6.45) is 3.57. The van der Waals surface area contributed by atoms with Gasteiger partial charge in [-0.05, 0) is 30.5 Å². The molecule has 0 bridgehead atoms. The van der Waals surface area contributed by atoms with Crippen LogP contribution in [-0.4, -0.2) is 20.9 Å². The zero-order valence-electron chi connectivity index (χ0n) is 16.3. The average Bonchev–Trinajstić information content (AvgIpc) is 2.66. The van der Waals surface area contributed by atoms with Crippen molar-refractivity contribution in [2.75, 3.05) is 0 Å². The van der Waals surface area contributed by atoms with Crippen LogP contribution in [0.25, 0.3) is 11.4 Å². The first-order chi connectivity index (χ1) is 13.4. The molecular weight excluding hydrogens is 352 g/mol. The van der Waals surface area contributed by atoms with Gasteiger partial charge in [0.15, 0.2) is 0 Å². The highest BCUT2D eigenvalue weighted by atomic mass is 16.1. The highest BCUT2D eigenvalue weighted by molar-refractivity contribution is 5.79. The first kappa shape index (κ1) is 19.5. The van der Waals surface area contributed by atoms with E-state index in [-0.39, 0.29) is 29.8 Å². The number of nitrogens with zero attached hydrogens (tertiary/aromatic N) is 2. The summed E-state index contributed by atoms with van der Waals surface area (Å²) in [5, 5.41) is 3.04. The highest BCUT2D eigenvalue weighted by Gasteiger charge is 2.21. The molecule has 144 valence electrons. The van der Waals surface area contributed by atoms with Gasteiger partial charge in [0.2, 0.25) is 5.91 Å². The zero-order chi connectivity index (χ0) is 20.1. The second-order valence-electron chi connectivity index (χ2n) is 7.21. The number of carbonyl (C=O) groups is 1. The van der Waals surface area contributed by atoms with Gasteiger partial charge in [-0.15, -0.1) is 0 Å². The van der Waals surface area contributed by atoms with Crippen molar-refractivity contribution in [1.29, 1.82) is 0 Å². The third-order valence-corrected chi connectivity index (χ3v) is 4.46. The number of aromatic nitrogens is 3. The van der Waals surface area contributed by atoms with E-state index < -0.39 is 0 Å². The van der Waals surface area contributed by atoms with Crippen LogP contribution in [0.15, 0.2) is 59.7 Å². The van der Waals surface area contributed by atoms with E-state index >= 15 is 0 Å². The fraction of sp³-hybridized carbons (Fsp3) is 0.273. The molecule has 0 aliphatic carbocycles. The maximum atomic E-state index is 12.6. The number of carbonyl (C=O) groups excluding carboxylic acids is 1. The van der Waals surface area contributed by atoms with Gasteiger partial charge in [0.1, 0.15) is 5.82 Å². The SMILES string of the molecule is Cc1cccc(CC(=O)NC(c2cc(=O)[nH]c(-c3ccncc3)n2)C(C)C)c1. The lowest BCUT2D eigenvalue weighted by Crippen LogP contribution is -2.34. The number of benzene rings is 1. The lowest BCUT2D eigenvalue weighted by molar-refractivity contribution is -0.121. The van der Waals surface area contributed by atoms with Gasteiger partial charge in [0, 0.05) is 24.0 Å². The van der Waals surface area contributed by atoms with Crippen molar-refractivity contribution in [1.82, 2.24) is 20.3 Å². The molecule has 6 nitrogen and oxygen atoms in total. The molecule has 1 amide bonds. The summed E-state index contributed by atoms with van der Waals surface area (Å²) in [4.78, 5) is 36.2. The van der Waals surface area contributed by atoms with Gasteiger partial charge in [-0.25, -0.2) is 4.98 Å². The summed E-state index contributed by atoms with van der Waals surface area (Å²) in [6.45, 7) is 5.98. The van der Waals surface area contributed by atoms with E-state index in [9.17, 15) is 9.59 Å². The van der Waals surface area contributed by atoms with Gasteiger partial charge < -0.3 is 10.3 Å². The number of hydrogen-bond acceptors (Lipinski definition) is 4. The molecule has 1 unspecified atom stereocenters. The van der Waals surface area contributed by atoms with Crippen molar-refractivity contribution in [3.63, 3.8) is 0 Å². The largest absolute Gasteiger partial charge is 0.347 e. The van der Waals surface area contributed by atoms with Crippen LogP contribution in [0, 0.1) is 12.8 Å². The molecule has 0 aliphatic rings. The minimum absolute atomic E-state index is 0.0704. The number of aromatic amines is 1. The molecular formula is C22H24N4O2. The van der Waals surface area contributed by atoms with Crippen LogP contribution in [-0.2, 0) is 11.2 Å². The van der Waals surface area contributed by atoms with Crippen molar-refractivity contribution in [3.05, 3.63) is 82.0 Å². The lowest BCUT2D eigenvalue weighted by Gasteiger charge is -2.22. The maximum absolute atomic E-state index is 12.6. The number of aryl methyl sites for hydroxylation is 1. The minimum Gasteiger partial charge on any atom is -0.347 e. The second-order valence-corrected chi connectivity index (χ2v) is 7.21. The second kappa shape index (κ2) is 8.61. The van der Waals surface area contributed by atoms with Crippen molar-refractivity contribution < 1.29 is 4.79 Å². The number of H-pyrrole nitrogens is 1. The summed E-state index contributed by atoms with van der Waals surface area (Å²) < 4.78 is 0. The van der Waals surface area contributed by atoms with Crippen molar-refractivity contribution in [2.45, 2.75) is 33.2 Å². The molecule has 28 heavy (non-hydrogen) atoms. The number of amides is 1. The minimum atomic E-state index is -0.361. The Balaban J connectivity index is 1.85. The van der Waals surface area contributed by atoms with Crippen LogP contribution < -0.4 is 10.9 Å². The topological polar surface area (TPSA) is 87.7 Å². The predicted octanol–water partition coefficient (Wildman–Crippen LogP) is 3.20. The third kappa shape index (κ3) is 4.91. The van der Waals surface area contributed by atoms with Gasteiger partial charge in [0.05, 0.1) is 18.2 Å². The Labute approximate surface area is 164 Å². The fourth-order valence-electron chi connectivity index (χ4n) is 3.10. The first-order valence-electron chi connectivity index (χ1n) is 9.29. The number of pyridine rings is 1. The summed E-state index contributed by atoms with van der Waals surface area (Å²) >= 11 is 0. The molecule has 0 aliphatic heterocycles. The summed E-state index contributed by atoms with van der Waals surface area (Å²) in [5.41, 5.74) is 3.13. The Hall–Kier alpha value is -3.28. The quantitative estimate of drug-likeness (QED) is 0.692. The maximum Gasteiger partial charge on any atom is 0.251 e. The lowest BCUT2D eigenvalue weighted by atomic mass is 9.99. The Kier molecular flexibility index (Phi) is 5.99. The molecule has 3 rings (SSSR count). The van der Waals surface area contributed by atoms with E-state index in [2.05, 4.69) is 20.3 Å². The van der Waals surface area contributed by atoms with Crippen LogP contribution in [0.2, 0.25) is 0 Å². The Bertz CT molecular complexity index is 1010. The molecule has 2 N–H and O–H groups in total. The molecule has 0 saturated heterocycles. The van der Waals surface area contributed by atoms with Crippen molar-refractivity contribution >= 4 is 5.91 Å². The smallest absolute Gasteiger partial charge is 0.251 e. The van der Waals surface area contributed by atoms with Crippen LogP contribution >= 0.6 is 0 Å². The van der Waals surface area contributed by atoms with Gasteiger partial charge in [-0.3, -0.25) is 14.6 Å². The highest BCUT2D eigenvalue weighted by Crippen LogP contribution is 2.21. The Morgan fingerprint density at radius 3 is 2.57 bits per heavy atom. The van der Waals surface area contributed by atoms with Crippen LogP contribution in [0.3, 0.4) is 0 Å². The van der Waals surface area contributed by atoms with Crippen molar-refractivity contribution in [3.8, 4) is 11.4 Å². The molecule has 1 aromatic carbocycles. The monoisotopic (exact) mass is 376 g/mol. The molecule has 1 atom stereocenters. The summed E-state index contributed by atoms with van der Waals surface area (Å²) in [5.74, 6) is 0.432. The summed E-state index contributed by atoms with van der Waals surface area (Å²) in [7, 11) is 0. The van der Waals surface area contributed by atoms with Crippen LogP contribution in [0.1, 0.15) is 36.7 Å². The molecule has 0 spiro atoms. The number of hydrogen-bond donors (Lipinski definition) is 2. The number of rotatable bonds is 6. The van der Waals surface area contributed by atoms with E-state index in [4.69, 9.17) is 0 Å². The standard InChI is InChI=1S/C22H24N4O2/c1-14(2)21(25-19(27)12-16-6-4-5-15(3)11-16)18-13-20(28)26-22(24-18)17-7-9-23-10-8-17/h4-11,13-14,21H,12H2,1-3H3,(H,25,27)(H,24,26,28). The van der Waals surface area contributed by atoms with Crippen molar-refractivity contribution in [2.24, 2.45) is 5.92 Å². The molecule has 0 saturated carbocycles. The van der Waals surface area contributed by atoms with E-state index in [1.807, 2.05) is 45.0 Å². The van der Waals surface area contributed by atoms with Gasteiger partial charge >= 0.3 is 0 Å². The van der Waals surface area contributed by atoms with Crippen LogP contribution in [0.5, 0.6) is 0 Å². The fourth-order valence-corrected chi connectivity index (χ4v) is 3.10. The van der Waals surface area contributed by atoms with E-state index in [1.165, 1.54) is 6.07 Å². The molecule has 2 heterocycles. The zero-order valence-corrected chi connectivity index (χ0v) is 16.3. The van der Waals surface area contributed by atoms with Crippen LogP contribution in [0.4, 0.5) is 0 Å². The average molecular weight is 376 g/mol. The normalized spacial score (nSPS) is 12.0. The van der Waals surface area contributed by atoms with E-state index in [0.717, 1.165) is 16.7 Å². The van der Waals surface area contributed by atoms with E-state index in [0.29, 0.717) is 11.5 Å². The first-order valence-corrected chi connectivity index (χ1v) is 9.29. The summed E-state index contributed by atoms with van der Waals surface area (Å²) in [6, 6.07) is 12.5. The molecule has 6 heteroatoms. The predicted molar refractivity (Wildman–Crippen MR) is 109 cm³/mol. The van der Waals surface area contributed by atoms with Gasteiger partial charge in [0.25, 0.3) is 5.56 Å². The molecule has 0 radical (unpaired) electrons.